The summed E-state index contributed by atoms with van der Waals surface area (Å²) in [6, 6.07) is 16.2. The van der Waals surface area contributed by atoms with E-state index in [1.807, 2.05) is 42.2 Å². The normalized spacial score (nSPS) is 20.9. The van der Waals surface area contributed by atoms with Gasteiger partial charge >= 0.3 is 0 Å². The van der Waals surface area contributed by atoms with E-state index < -0.39 is 0 Å². The van der Waals surface area contributed by atoms with Gasteiger partial charge in [-0.05, 0) is 29.2 Å². The molecule has 1 fully saturated rings. The highest BCUT2D eigenvalue weighted by atomic mass is 16.2. The van der Waals surface area contributed by atoms with Crippen molar-refractivity contribution in [3.05, 3.63) is 70.8 Å². The molecular weight excluding hydrogens is 336 g/mol. The highest BCUT2D eigenvalue weighted by Gasteiger charge is 2.44. The Hall–Kier alpha value is -2.62. The fourth-order valence-electron chi connectivity index (χ4n) is 4.45. The quantitative estimate of drug-likeness (QED) is 0.823. The molecule has 2 heterocycles. The largest absolute Gasteiger partial charge is 0.331 e. The number of benzene rings is 2. The number of rotatable bonds is 2. The van der Waals surface area contributed by atoms with Crippen molar-refractivity contribution < 1.29 is 9.59 Å². The van der Waals surface area contributed by atoms with E-state index in [9.17, 15) is 9.59 Å². The molecule has 2 aromatic rings. The van der Waals surface area contributed by atoms with E-state index in [-0.39, 0.29) is 29.8 Å². The molecule has 2 aliphatic rings. The Balaban J connectivity index is 1.61. The Bertz CT molecular complexity index is 903. The smallest absolute Gasteiger partial charge is 0.242 e. The second-order valence-corrected chi connectivity index (χ2v) is 8.39. The maximum atomic E-state index is 12.9. The first-order valence-electron chi connectivity index (χ1n) is 9.58. The fourth-order valence-corrected chi connectivity index (χ4v) is 4.45. The lowest BCUT2D eigenvalue weighted by atomic mass is 9.75. The van der Waals surface area contributed by atoms with Gasteiger partial charge in [-0.3, -0.25) is 9.59 Å². The van der Waals surface area contributed by atoms with Crippen LogP contribution in [-0.2, 0) is 21.4 Å². The minimum absolute atomic E-state index is 0.0274. The predicted octanol–water partition coefficient (Wildman–Crippen LogP) is 3.24. The number of aryl methyl sites for hydroxylation is 1. The zero-order valence-corrected chi connectivity index (χ0v) is 16.2. The van der Waals surface area contributed by atoms with Gasteiger partial charge in [0.1, 0.15) is 0 Å². The van der Waals surface area contributed by atoms with Gasteiger partial charge in [-0.1, -0.05) is 62.4 Å². The van der Waals surface area contributed by atoms with Crippen LogP contribution < -0.4 is 0 Å². The molecular formula is C23H26N2O2. The van der Waals surface area contributed by atoms with E-state index in [1.165, 1.54) is 11.1 Å². The lowest BCUT2D eigenvalue weighted by molar-refractivity contribution is -0.150. The van der Waals surface area contributed by atoms with Crippen LogP contribution in [0, 0.1) is 6.92 Å². The first kappa shape index (κ1) is 17.8. The maximum absolute atomic E-state index is 12.9. The van der Waals surface area contributed by atoms with Gasteiger partial charge in [0, 0.05) is 18.5 Å². The summed E-state index contributed by atoms with van der Waals surface area (Å²) in [4.78, 5) is 29.5. The molecule has 2 amide bonds. The van der Waals surface area contributed by atoms with Crippen LogP contribution in [0.15, 0.2) is 48.5 Å². The minimum atomic E-state index is -0.0733. The Morgan fingerprint density at radius 1 is 1.11 bits per heavy atom. The predicted molar refractivity (Wildman–Crippen MR) is 105 cm³/mol. The van der Waals surface area contributed by atoms with Crippen molar-refractivity contribution in [1.82, 2.24) is 9.80 Å². The van der Waals surface area contributed by atoms with Crippen LogP contribution >= 0.6 is 0 Å². The van der Waals surface area contributed by atoms with Crippen molar-refractivity contribution in [2.75, 3.05) is 19.6 Å². The molecule has 4 nitrogen and oxygen atoms in total. The van der Waals surface area contributed by atoms with Crippen LogP contribution in [0.25, 0.3) is 0 Å². The Morgan fingerprint density at radius 3 is 2.59 bits per heavy atom. The minimum Gasteiger partial charge on any atom is -0.331 e. The standard InChI is InChI=1S/C23H26N2O2/c1-16-8-4-5-9-17(16)12-21(26)24-13-20-18-10-6-7-11-19(18)23(2,3)15-25(20)22(27)14-24/h4-11,20H,12-15H2,1-3H3. The number of piperazine rings is 1. The van der Waals surface area contributed by atoms with E-state index in [0.717, 1.165) is 11.1 Å². The zero-order valence-electron chi connectivity index (χ0n) is 16.2. The van der Waals surface area contributed by atoms with Crippen molar-refractivity contribution >= 4 is 11.8 Å². The average Bonchev–Trinajstić information content (AvgIpc) is 2.64. The van der Waals surface area contributed by atoms with Crippen molar-refractivity contribution in [2.45, 2.75) is 38.6 Å². The molecule has 2 aliphatic heterocycles. The summed E-state index contributed by atoms with van der Waals surface area (Å²) in [5.74, 6) is 0.0755. The lowest BCUT2D eigenvalue weighted by Crippen LogP contribution is -2.58. The maximum Gasteiger partial charge on any atom is 0.242 e. The monoisotopic (exact) mass is 362 g/mol. The Morgan fingerprint density at radius 2 is 1.81 bits per heavy atom. The third-order valence-electron chi connectivity index (χ3n) is 5.99. The van der Waals surface area contributed by atoms with Crippen LogP contribution in [-0.4, -0.2) is 41.2 Å². The van der Waals surface area contributed by atoms with Crippen molar-refractivity contribution in [1.29, 1.82) is 0 Å². The van der Waals surface area contributed by atoms with E-state index >= 15 is 0 Å². The van der Waals surface area contributed by atoms with E-state index in [0.29, 0.717) is 19.5 Å². The van der Waals surface area contributed by atoms with Crippen LogP contribution in [0.3, 0.4) is 0 Å². The van der Waals surface area contributed by atoms with Gasteiger partial charge in [0.15, 0.2) is 0 Å². The number of hydrogen-bond donors (Lipinski definition) is 0. The molecule has 0 radical (unpaired) electrons. The van der Waals surface area contributed by atoms with E-state index in [1.54, 1.807) is 4.90 Å². The van der Waals surface area contributed by atoms with Gasteiger partial charge in [0.05, 0.1) is 19.0 Å². The molecule has 0 spiro atoms. The topological polar surface area (TPSA) is 40.6 Å². The fraction of sp³-hybridized carbons (Fsp3) is 0.391. The molecule has 0 aromatic heterocycles. The molecule has 1 unspecified atom stereocenters. The number of hydrogen-bond acceptors (Lipinski definition) is 2. The molecule has 140 valence electrons. The third kappa shape index (κ3) is 3.14. The van der Waals surface area contributed by atoms with Gasteiger partial charge < -0.3 is 9.80 Å². The zero-order chi connectivity index (χ0) is 19.2. The van der Waals surface area contributed by atoms with Gasteiger partial charge in [-0.15, -0.1) is 0 Å². The Kier molecular flexibility index (Phi) is 4.29. The third-order valence-corrected chi connectivity index (χ3v) is 5.99. The number of amides is 2. The van der Waals surface area contributed by atoms with Crippen molar-refractivity contribution in [3.8, 4) is 0 Å². The summed E-state index contributed by atoms with van der Waals surface area (Å²) in [5.41, 5.74) is 4.53. The average molecular weight is 362 g/mol. The first-order chi connectivity index (χ1) is 12.9. The highest BCUT2D eigenvalue weighted by molar-refractivity contribution is 5.88. The molecule has 4 rings (SSSR count). The van der Waals surface area contributed by atoms with E-state index in [2.05, 4.69) is 32.0 Å². The van der Waals surface area contributed by atoms with Crippen molar-refractivity contribution in [2.24, 2.45) is 0 Å². The molecule has 27 heavy (non-hydrogen) atoms. The molecule has 4 heteroatoms. The van der Waals surface area contributed by atoms with Crippen LogP contribution in [0.2, 0.25) is 0 Å². The summed E-state index contributed by atoms with van der Waals surface area (Å²) < 4.78 is 0. The SMILES string of the molecule is Cc1ccccc1CC(=O)N1CC(=O)N2CC(C)(C)c3ccccc3C2C1. The first-order valence-corrected chi connectivity index (χ1v) is 9.58. The number of carbonyl (C=O) groups is 2. The second-order valence-electron chi connectivity index (χ2n) is 8.39. The van der Waals surface area contributed by atoms with Crippen LogP contribution in [0.5, 0.6) is 0 Å². The second kappa shape index (κ2) is 6.52. The highest BCUT2D eigenvalue weighted by Crippen LogP contribution is 2.41. The molecule has 0 aliphatic carbocycles. The van der Waals surface area contributed by atoms with Crippen LogP contribution in [0.4, 0.5) is 0 Å². The number of carbonyl (C=O) groups excluding carboxylic acids is 2. The van der Waals surface area contributed by atoms with Crippen LogP contribution in [0.1, 0.15) is 42.1 Å². The van der Waals surface area contributed by atoms with Gasteiger partial charge in [0.25, 0.3) is 0 Å². The molecule has 0 bridgehead atoms. The van der Waals surface area contributed by atoms with Gasteiger partial charge in [-0.2, -0.15) is 0 Å². The summed E-state index contributed by atoms with van der Waals surface area (Å²) in [6.45, 7) is 7.84. The molecule has 0 N–H and O–H groups in total. The van der Waals surface area contributed by atoms with Gasteiger partial charge in [0.2, 0.25) is 11.8 Å². The van der Waals surface area contributed by atoms with E-state index in [4.69, 9.17) is 0 Å². The number of fused-ring (bicyclic) bond motifs is 3. The molecule has 2 aromatic carbocycles. The summed E-state index contributed by atoms with van der Waals surface area (Å²) in [6.07, 6.45) is 0.347. The number of nitrogens with zero attached hydrogens (tertiary/aromatic N) is 2. The molecule has 0 saturated carbocycles. The molecule has 1 atom stereocenters. The summed E-state index contributed by atoms with van der Waals surface area (Å²) in [7, 11) is 0. The lowest BCUT2D eigenvalue weighted by Gasteiger charge is -2.49. The molecule has 1 saturated heterocycles. The van der Waals surface area contributed by atoms with Gasteiger partial charge in [-0.25, -0.2) is 0 Å². The summed E-state index contributed by atoms with van der Waals surface area (Å²) >= 11 is 0. The van der Waals surface area contributed by atoms with Crippen molar-refractivity contribution in [3.63, 3.8) is 0 Å². The Labute approximate surface area is 160 Å². The summed E-state index contributed by atoms with van der Waals surface area (Å²) in [5, 5.41) is 0.